The lowest BCUT2D eigenvalue weighted by Gasteiger charge is -2.57. The van der Waals surface area contributed by atoms with Crippen LogP contribution in [0.15, 0.2) is 47.6 Å². The van der Waals surface area contributed by atoms with Crippen LogP contribution >= 0.6 is 0 Å². The molecule has 4 nitrogen and oxygen atoms in total. The van der Waals surface area contributed by atoms with Crippen LogP contribution in [0.2, 0.25) is 0 Å². The maximum Gasteiger partial charge on any atom is 0.271 e. The molecule has 4 aliphatic rings. The van der Waals surface area contributed by atoms with E-state index in [1.807, 2.05) is 30.3 Å². The maximum absolute atomic E-state index is 12.6. The first-order valence-electron chi connectivity index (χ1n) is 12.5. The largest absolute Gasteiger partial charge is 0.488 e. The van der Waals surface area contributed by atoms with Crippen LogP contribution in [-0.2, 0) is 6.61 Å². The van der Waals surface area contributed by atoms with Crippen LogP contribution < -0.4 is 10.2 Å². The molecule has 4 fully saturated rings. The number of amides is 1. The Balaban J connectivity index is 1.15. The van der Waals surface area contributed by atoms with E-state index in [9.17, 15) is 4.79 Å². The van der Waals surface area contributed by atoms with E-state index in [-0.39, 0.29) is 5.91 Å². The second kappa shape index (κ2) is 8.96. The minimum atomic E-state index is -0.151. The molecule has 2 aromatic rings. The van der Waals surface area contributed by atoms with Gasteiger partial charge in [0.2, 0.25) is 0 Å². The molecular weight excluding hydrogens is 408 g/mol. The van der Waals surface area contributed by atoms with Crippen molar-refractivity contribution in [3.63, 3.8) is 0 Å². The molecular formula is C29H36N2O2. The van der Waals surface area contributed by atoms with Crippen molar-refractivity contribution in [2.45, 2.75) is 72.3 Å². The molecule has 33 heavy (non-hydrogen) atoms. The molecule has 0 heterocycles. The molecule has 4 bridgehead atoms. The summed E-state index contributed by atoms with van der Waals surface area (Å²) in [5.74, 6) is 3.60. The average Bonchev–Trinajstić information content (AvgIpc) is 2.76. The monoisotopic (exact) mass is 444 g/mol. The van der Waals surface area contributed by atoms with Gasteiger partial charge >= 0.3 is 0 Å². The minimum absolute atomic E-state index is 0.151. The van der Waals surface area contributed by atoms with E-state index in [0.717, 1.165) is 52.3 Å². The molecule has 0 unspecified atom stereocenters. The number of hydrogen-bond acceptors (Lipinski definition) is 3. The molecule has 0 atom stereocenters. The fourth-order valence-electron chi connectivity index (χ4n) is 7.23. The number of hydrogen-bond donors (Lipinski definition) is 1. The Morgan fingerprint density at radius 1 is 0.970 bits per heavy atom. The van der Waals surface area contributed by atoms with Crippen molar-refractivity contribution in [2.75, 3.05) is 0 Å². The minimum Gasteiger partial charge on any atom is -0.488 e. The zero-order chi connectivity index (χ0) is 23.0. The van der Waals surface area contributed by atoms with Crippen molar-refractivity contribution in [1.82, 2.24) is 5.43 Å². The molecule has 0 aliphatic heterocycles. The second-order valence-corrected chi connectivity index (χ2v) is 11.1. The standard InChI is InChI=1S/C29H36N2O2/c1-19-5-4-6-20(2)27(19)33-18-22-7-9-26(10-8-22)28(32)31-30-21(3)14-29-15-23-11-24(16-29)13-25(12-23)17-29/h4-10,23-25H,11-18H2,1-3H3,(H,31,32). The SMILES string of the molecule is CC(CC12CC3CC(CC(C3)C1)C2)=NNC(=O)c1ccc(COc2c(C)cccc2C)cc1. The molecule has 4 saturated carbocycles. The van der Waals surface area contributed by atoms with Crippen molar-refractivity contribution >= 4 is 11.6 Å². The van der Waals surface area contributed by atoms with E-state index < -0.39 is 0 Å². The van der Waals surface area contributed by atoms with E-state index in [1.165, 1.54) is 38.5 Å². The summed E-state index contributed by atoms with van der Waals surface area (Å²) in [4.78, 5) is 12.6. The van der Waals surface area contributed by atoms with E-state index in [4.69, 9.17) is 4.74 Å². The van der Waals surface area contributed by atoms with Gasteiger partial charge in [-0.3, -0.25) is 4.79 Å². The van der Waals surface area contributed by atoms with Gasteiger partial charge in [0.1, 0.15) is 12.4 Å². The Hall–Kier alpha value is -2.62. The predicted octanol–water partition coefficient (Wildman–Crippen LogP) is 6.59. The van der Waals surface area contributed by atoms with Gasteiger partial charge in [0.25, 0.3) is 5.91 Å². The number of nitrogens with zero attached hydrogens (tertiary/aromatic N) is 1. The number of carbonyl (C=O) groups excluding carboxylic acids is 1. The zero-order valence-corrected chi connectivity index (χ0v) is 20.2. The Morgan fingerprint density at radius 2 is 1.55 bits per heavy atom. The van der Waals surface area contributed by atoms with Gasteiger partial charge in [0.15, 0.2) is 0 Å². The van der Waals surface area contributed by atoms with Crippen LogP contribution in [-0.4, -0.2) is 11.6 Å². The van der Waals surface area contributed by atoms with Crippen molar-refractivity contribution in [1.29, 1.82) is 0 Å². The van der Waals surface area contributed by atoms with Gasteiger partial charge in [-0.05, 0) is 118 Å². The summed E-state index contributed by atoms with van der Waals surface area (Å²) in [5, 5.41) is 4.49. The summed E-state index contributed by atoms with van der Waals surface area (Å²) < 4.78 is 6.03. The highest BCUT2D eigenvalue weighted by atomic mass is 16.5. The van der Waals surface area contributed by atoms with Crippen LogP contribution in [0.25, 0.3) is 0 Å². The fraction of sp³-hybridized carbons (Fsp3) is 0.517. The molecule has 4 aliphatic carbocycles. The number of hydrazone groups is 1. The number of benzene rings is 2. The van der Waals surface area contributed by atoms with Crippen LogP contribution in [0.4, 0.5) is 0 Å². The quantitative estimate of drug-likeness (QED) is 0.387. The highest BCUT2D eigenvalue weighted by Crippen LogP contribution is 2.61. The molecule has 0 radical (unpaired) electrons. The molecule has 0 saturated heterocycles. The molecule has 1 N–H and O–H groups in total. The Labute approximate surface area is 197 Å². The predicted molar refractivity (Wildman–Crippen MR) is 132 cm³/mol. The summed E-state index contributed by atoms with van der Waals surface area (Å²) >= 11 is 0. The van der Waals surface area contributed by atoms with Gasteiger partial charge in [-0.1, -0.05) is 30.3 Å². The maximum atomic E-state index is 12.6. The zero-order valence-electron chi connectivity index (χ0n) is 20.2. The summed E-state index contributed by atoms with van der Waals surface area (Å²) in [6, 6.07) is 13.8. The molecule has 0 aromatic heterocycles. The third-order valence-electron chi connectivity index (χ3n) is 8.15. The van der Waals surface area contributed by atoms with Gasteiger partial charge < -0.3 is 4.74 Å². The van der Waals surface area contributed by atoms with Crippen LogP contribution in [0, 0.1) is 37.0 Å². The lowest BCUT2D eigenvalue weighted by Crippen LogP contribution is -2.46. The van der Waals surface area contributed by atoms with E-state index in [2.05, 4.69) is 43.4 Å². The molecule has 174 valence electrons. The molecule has 0 spiro atoms. The summed E-state index contributed by atoms with van der Waals surface area (Å²) in [5.41, 5.74) is 8.22. The first-order chi connectivity index (χ1) is 15.9. The van der Waals surface area contributed by atoms with Crippen molar-refractivity contribution < 1.29 is 9.53 Å². The van der Waals surface area contributed by atoms with E-state index in [1.54, 1.807) is 0 Å². The highest BCUT2D eigenvalue weighted by Gasteiger charge is 2.50. The van der Waals surface area contributed by atoms with E-state index >= 15 is 0 Å². The van der Waals surface area contributed by atoms with Crippen LogP contribution in [0.1, 0.15) is 78.9 Å². The van der Waals surface area contributed by atoms with Crippen molar-refractivity contribution in [3.8, 4) is 5.75 Å². The number of aryl methyl sites for hydroxylation is 2. The summed E-state index contributed by atoms with van der Waals surface area (Å²) in [6.45, 7) is 6.67. The number of carbonyl (C=O) groups is 1. The third kappa shape index (κ3) is 4.85. The number of rotatable bonds is 7. The van der Waals surface area contributed by atoms with Gasteiger partial charge in [0, 0.05) is 11.3 Å². The topological polar surface area (TPSA) is 50.7 Å². The second-order valence-electron chi connectivity index (χ2n) is 11.1. The fourth-order valence-corrected chi connectivity index (χ4v) is 7.23. The Kier molecular flexibility index (Phi) is 6.03. The number of ether oxygens (including phenoxy) is 1. The van der Waals surface area contributed by atoms with Crippen LogP contribution in [0.3, 0.4) is 0 Å². The van der Waals surface area contributed by atoms with Gasteiger partial charge in [-0.2, -0.15) is 5.10 Å². The average molecular weight is 445 g/mol. The Morgan fingerprint density at radius 3 is 2.12 bits per heavy atom. The van der Waals surface area contributed by atoms with Gasteiger partial charge in [-0.25, -0.2) is 5.43 Å². The lowest BCUT2D eigenvalue weighted by molar-refractivity contribution is -0.0482. The first-order valence-corrected chi connectivity index (χ1v) is 12.5. The van der Waals surface area contributed by atoms with E-state index in [0.29, 0.717) is 17.6 Å². The summed E-state index contributed by atoms with van der Waals surface area (Å²) in [7, 11) is 0. The van der Waals surface area contributed by atoms with Crippen molar-refractivity contribution in [3.05, 3.63) is 64.7 Å². The Bertz CT molecular complexity index is 998. The highest BCUT2D eigenvalue weighted by molar-refractivity contribution is 5.95. The smallest absolute Gasteiger partial charge is 0.271 e. The number of para-hydroxylation sites is 1. The molecule has 4 heteroatoms. The molecule has 6 rings (SSSR count). The lowest BCUT2D eigenvalue weighted by atomic mass is 9.48. The normalized spacial score (nSPS) is 28.1. The molecule has 2 aromatic carbocycles. The van der Waals surface area contributed by atoms with Crippen molar-refractivity contribution in [2.24, 2.45) is 28.3 Å². The van der Waals surface area contributed by atoms with Gasteiger partial charge in [0.05, 0.1) is 0 Å². The third-order valence-corrected chi connectivity index (χ3v) is 8.15. The van der Waals surface area contributed by atoms with Gasteiger partial charge in [-0.15, -0.1) is 0 Å². The van der Waals surface area contributed by atoms with Crippen LogP contribution in [0.5, 0.6) is 5.75 Å². The molecule has 1 amide bonds. The summed E-state index contributed by atoms with van der Waals surface area (Å²) in [6.07, 6.45) is 9.50. The first kappa shape index (κ1) is 22.2. The number of nitrogens with one attached hydrogen (secondary N) is 1.